The number of ether oxygens (including phenoxy) is 4. The van der Waals surface area contributed by atoms with Gasteiger partial charge in [-0.15, -0.1) is 0 Å². The molecular weight excluding hydrogens is 1180 g/mol. The lowest BCUT2D eigenvalue weighted by Gasteiger charge is -2.46. The lowest BCUT2D eigenvalue weighted by molar-refractivity contribution is -0.359. The van der Waals surface area contributed by atoms with E-state index in [2.05, 4.69) is 116 Å². The van der Waals surface area contributed by atoms with E-state index in [-0.39, 0.29) is 18.9 Å². The number of hydrogen-bond acceptors (Lipinski definition) is 13. The van der Waals surface area contributed by atoms with E-state index in [0.717, 1.165) is 103 Å². The van der Waals surface area contributed by atoms with E-state index in [1.165, 1.54) is 173 Å². The number of aliphatic hydroxyl groups is 8. The molecule has 0 bridgehead atoms. The molecule has 1 amide bonds. The van der Waals surface area contributed by atoms with Gasteiger partial charge in [0.2, 0.25) is 5.91 Å². The molecule has 2 heterocycles. The fraction of sp³-hybridized carbons (Fsp3) is 0.787. The van der Waals surface area contributed by atoms with Crippen molar-refractivity contribution < 1.29 is 64.6 Å². The third-order valence-corrected chi connectivity index (χ3v) is 18.3. The van der Waals surface area contributed by atoms with Crippen molar-refractivity contribution in [1.29, 1.82) is 0 Å². The van der Waals surface area contributed by atoms with Crippen LogP contribution in [0, 0.1) is 0 Å². The molecule has 12 unspecified atom stereocenters. The fourth-order valence-electron chi connectivity index (χ4n) is 12.3. The molecule has 2 saturated heterocycles. The van der Waals surface area contributed by atoms with Gasteiger partial charge in [-0.05, 0) is 77.0 Å². The molecule has 12 atom stereocenters. The number of hydrogen-bond donors (Lipinski definition) is 9. The van der Waals surface area contributed by atoms with Crippen LogP contribution in [0.25, 0.3) is 0 Å². The minimum absolute atomic E-state index is 0.231. The second kappa shape index (κ2) is 63.4. The van der Waals surface area contributed by atoms with Crippen LogP contribution in [0.3, 0.4) is 0 Å². The van der Waals surface area contributed by atoms with Crippen LogP contribution in [0.5, 0.6) is 0 Å². The maximum atomic E-state index is 13.4. The van der Waals surface area contributed by atoms with Crippen LogP contribution in [0.4, 0.5) is 0 Å². The van der Waals surface area contributed by atoms with Gasteiger partial charge < -0.3 is 65.1 Å². The predicted octanol–water partition coefficient (Wildman–Crippen LogP) is 16.9. The minimum atomic E-state index is -1.79. The molecule has 2 aliphatic heterocycles. The molecule has 0 aliphatic carbocycles. The smallest absolute Gasteiger partial charge is 0.220 e. The Hall–Kier alpha value is -3.09. The van der Waals surface area contributed by atoms with Crippen molar-refractivity contribution >= 4 is 5.91 Å². The maximum Gasteiger partial charge on any atom is 0.220 e. The van der Waals surface area contributed by atoms with Crippen molar-refractivity contribution in [2.75, 3.05) is 19.8 Å². The molecule has 544 valence electrons. The highest BCUT2D eigenvalue weighted by Gasteiger charge is 2.51. The Morgan fingerprint density at radius 3 is 1.13 bits per heavy atom. The van der Waals surface area contributed by atoms with Crippen LogP contribution in [-0.4, -0.2) is 140 Å². The van der Waals surface area contributed by atoms with Gasteiger partial charge in [0.1, 0.15) is 48.8 Å². The topological polar surface area (TPSA) is 228 Å². The maximum absolute atomic E-state index is 13.4. The normalized spacial score (nSPS) is 23.0. The van der Waals surface area contributed by atoms with Gasteiger partial charge in [-0.2, -0.15) is 0 Å². The first-order valence-electron chi connectivity index (χ1n) is 38.5. The van der Waals surface area contributed by atoms with Gasteiger partial charge in [0.15, 0.2) is 12.6 Å². The average molecular weight is 1330 g/mol. The van der Waals surface area contributed by atoms with E-state index < -0.39 is 86.8 Å². The van der Waals surface area contributed by atoms with E-state index in [9.17, 15) is 45.6 Å². The minimum Gasteiger partial charge on any atom is -0.394 e. The Morgan fingerprint density at radius 2 is 0.734 bits per heavy atom. The quantitative estimate of drug-likeness (QED) is 0.0204. The summed E-state index contributed by atoms with van der Waals surface area (Å²) < 4.78 is 22.9. The summed E-state index contributed by atoms with van der Waals surface area (Å²) in [4.78, 5) is 13.4. The van der Waals surface area contributed by atoms with E-state index in [0.29, 0.717) is 12.8 Å². The zero-order valence-electron chi connectivity index (χ0n) is 59.4. The number of carbonyl (C=O) groups excluding carboxylic acids is 1. The van der Waals surface area contributed by atoms with Crippen LogP contribution in [0.15, 0.2) is 97.2 Å². The fourth-order valence-corrected chi connectivity index (χ4v) is 12.3. The number of amides is 1. The summed E-state index contributed by atoms with van der Waals surface area (Å²) in [6.07, 6.45) is 72.9. The van der Waals surface area contributed by atoms with Crippen LogP contribution >= 0.6 is 0 Å². The van der Waals surface area contributed by atoms with E-state index in [4.69, 9.17) is 18.9 Å². The standard InChI is InChI=1S/C80H141NO13/c1-3-5-7-9-11-13-15-17-19-21-23-25-27-29-31-33-34-36-37-39-41-43-45-47-49-51-53-55-57-59-61-63-69(84)68(67-91-79-77(90)75(88)78(71(66-83)93-79)94-80-76(89)74(87)73(86)70(65-82)92-80)81-72(85)64-62-60-58-56-54-52-50-48-46-44-42-40-38-35-32-30-28-26-24-22-20-18-16-14-12-10-8-6-4-2/h6,8,12,14,18,20,24,26,30,32,38,40,44,46,50,52,68-71,73-80,82-84,86-90H,3-5,7,9-11,13,15-17,19,21-23,25,27-29,31,33-37,39,41-43,45,47-49,51,53-67H2,1-2H3,(H,81,85)/b8-6-,14-12-,20-18-,26-24-,32-30-,40-38-,46-44-,52-50-. The molecule has 0 radical (unpaired) electrons. The number of carbonyl (C=O) groups is 1. The Morgan fingerprint density at radius 1 is 0.394 bits per heavy atom. The summed E-state index contributed by atoms with van der Waals surface area (Å²) in [5.74, 6) is -0.231. The Labute approximate surface area is 573 Å². The molecule has 0 aromatic heterocycles. The Balaban J connectivity index is 1.66. The monoisotopic (exact) mass is 1320 g/mol. The van der Waals surface area contributed by atoms with Crippen molar-refractivity contribution in [3.63, 3.8) is 0 Å². The molecule has 9 N–H and O–H groups in total. The second-order valence-corrected chi connectivity index (χ2v) is 26.8. The molecule has 2 rings (SSSR count). The van der Waals surface area contributed by atoms with Gasteiger partial charge in [0.25, 0.3) is 0 Å². The molecule has 14 nitrogen and oxygen atoms in total. The average Bonchev–Trinajstić information content (AvgIpc) is 0.794. The lowest BCUT2D eigenvalue weighted by Crippen LogP contribution is -2.65. The van der Waals surface area contributed by atoms with Crippen molar-refractivity contribution in [1.82, 2.24) is 5.32 Å². The first-order chi connectivity index (χ1) is 46.1. The summed E-state index contributed by atoms with van der Waals surface area (Å²) in [6, 6.07) is -0.852. The number of rotatable bonds is 63. The summed E-state index contributed by atoms with van der Waals surface area (Å²) in [5.41, 5.74) is 0. The van der Waals surface area contributed by atoms with E-state index >= 15 is 0 Å². The zero-order chi connectivity index (χ0) is 68.0. The van der Waals surface area contributed by atoms with E-state index in [1.54, 1.807) is 0 Å². The van der Waals surface area contributed by atoms with Crippen molar-refractivity contribution in [3.05, 3.63) is 97.2 Å². The van der Waals surface area contributed by atoms with Gasteiger partial charge >= 0.3 is 0 Å². The van der Waals surface area contributed by atoms with Crippen molar-refractivity contribution in [2.24, 2.45) is 0 Å². The van der Waals surface area contributed by atoms with Crippen LogP contribution in [-0.2, 0) is 23.7 Å². The molecule has 14 heteroatoms. The molecule has 0 aromatic rings. The number of allylic oxidation sites excluding steroid dienone is 16. The highest BCUT2D eigenvalue weighted by atomic mass is 16.7. The largest absolute Gasteiger partial charge is 0.394 e. The van der Waals surface area contributed by atoms with Crippen LogP contribution in [0.1, 0.15) is 309 Å². The van der Waals surface area contributed by atoms with Gasteiger partial charge in [-0.25, -0.2) is 0 Å². The van der Waals surface area contributed by atoms with E-state index in [1.807, 2.05) is 0 Å². The first-order valence-corrected chi connectivity index (χ1v) is 38.5. The van der Waals surface area contributed by atoms with Gasteiger partial charge in [0, 0.05) is 6.42 Å². The van der Waals surface area contributed by atoms with Gasteiger partial charge in [-0.1, -0.05) is 323 Å². The predicted molar refractivity (Wildman–Crippen MR) is 387 cm³/mol. The van der Waals surface area contributed by atoms with Crippen molar-refractivity contribution in [2.45, 2.75) is 383 Å². The Bertz CT molecular complexity index is 1950. The molecule has 0 saturated carbocycles. The lowest BCUT2D eigenvalue weighted by atomic mass is 9.97. The first kappa shape index (κ1) is 87.0. The summed E-state index contributed by atoms with van der Waals surface area (Å²) in [7, 11) is 0. The van der Waals surface area contributed by atoms with Crippen LogP contribution < -0.4 is 5.32 Å². The third-order valence-electron chi connectivity index (χ3n) is 18.3. The van der Waals surface area contributed by atoms with Gasteiger partial charge in [-0.3, -0.25) is 4.79 Å². The summed E-state index contributed by atoms with van der Waals surface area (Å²) in [6.45, 7) is 2.76. The number of aliphatic hydroxyl groups excluding tert-OH is 8. The van der Waals surface area contributed by atoms with Gasteiger partial charge in [0.05, 0.1) is 32.0 Å². The molecule has 2 fully saturated rings. The number of nitrogens with one attached hydrogen (secondary N) is 1. The zero-order valence-corrected chi connectivity index (χ0v) is 59.4. The molecular formula is C80H141NO13. The molecule has 0 aromatic carbocycles. The molecule has 94 heavy (non-hydrogen) atoms. The number of unbranched alkanes of at least 4 members (excludes halogenated alkanes) is 34. The van der Waals surface area contributed by atoms with Crippen molar-refractivity contribution in [3.8, 4) is 0 Å². The van der Waals surface area contributed by atoms with Crippen LogP contribution in [0.2, 0.25) is 0 Å². The summed E-state index contributed by atoms with van der Waals surface area (Å²) >= 11 is 0. The highest BCUT2D eigenvalue weighted by molar-refractivity contribution is 5.76. The molecule has 0 spiro atoms. The summed E-state index contributed by atoms with van der Waals surface area (Å²) in [5, 5.41) is 87.8. The Kier molecular flexibility index (Phi) is 58.6. The molecule has 2 aliphatic rings. The SMILES string of the molecule is CC/C=C\C/C=C\C/C=C\C/C=C\C/C=C\C/C=C\C/C=C\C/C=C\CCCCCCC(=O)NC(COC1OC(CO)C(OC2OC(CO)C(O)C(O)C2O)C(O)C1O)C(O)CCCCCCCCCCCCCCCCCCCCCCCCCCCCCCCCC. The second-order valence-electron chi connectivity index (χ2n) is 26.8. The highest BCUT2D eigenvalue weighted by Crippen LogP contribution is 2.30. The third kappa shape index (κ3) is 46.2.